The van der Waals surface area contributed by atoms with E-state index >= 15 is 0 Å². The van der Waals surface area contributed by atoms with E-state index in [1.165, 1.54) is 7.05 Å². The lowest BCUT2D eigenvalue weighted by atomic mass is 10.1. The van der Waals surface area contributed by atoms with Crippen molar-refractivity contribution in [2.75, 3.05) is 17.6 Å². The normalized spacial score (nSPS) is 10.8. The molecule has 0 bridgehead atoms. The zero-order chi connectivity index (χ0) is 11.6. The largest absolute Gasteiger partial charge is 0.272 e. The molecule has 5 heteroatoms. The first-order chi connectivity index (χ1) is 6.88. The summed E-state index contributed by atoms with van der Waals surface area (Å²) in [4.78, 5) is 0. The van der Waals surface area contributed by atoms with Crippen molar-refractivity contribution in [3.05, 3.63) is 29.3 Å². The molecule has 0 radical (unpaired) electrons. The maximum Gasteiger partial charge on any atom is 0.232 e. The van der Waals surface area contributed by atoms with E-state index in [1.54, 1.807) is 25.1 Å². The van der Waals surface area contributed by atoms with Crippen LogP contribution in [0.5, 0.6) is 0 Å². The van der Waals surface area contributed by atoms with Crippen molar-refractivity contribution in [1.29, 1.82) is 5.26 Å². The minimum Gasteiger partial charge on any atom is -0.272 e. The first-order valence-corrected chi connectivity index (χ1v) is 6.16. The maximum atomic E-state index is 11.3. The van der Waals surface area contributed by atoms with Gasteiger partial charge in [0.05, 0.1) is 17.5 Å². The van der Waals surface area contributed by atoms with Crippen LogP contribution in [-0.4, -0.2) is 21.7 Å². The Morgan fingerprint density at radius 2 is 2.00 bits per heavy atom. The molecular formula is C10H12N2O2S. The van der Waals surface area contributed by atoms with E-state index in [-0.39, 0.29) is 0 Å². The SMILES string of the molecule is Cc1cccc(N(C)S(C)(=O)=O)c1C#N. The summed E-state index contributed by atoms with van der Waals surface area (Å²) < 4.78 is 23.8. The van der Waals surface area contributed by atoms with Crippen LogP contribution >= 0.6 is 0 Å². The Morgan fingerprint density at radius 1 is 1.40 bits per heavy atom. The highest BCUT2D eigenvalue weighted by Crippen LogP contribution is 2.23. The van der Waals surface area contributed by atoms with Crippen LogP contribution < -0.4 is 4.31 Å². The zero-order valence-corrected chi connectivity index (χ0v) is 9.67. The summed E-state index contributed by atoms with van der Waals surface area (Å²) in [6.07, 6.45) is 1.11. The van der Waals surface area contributed by atoms with Crippen molar-refractivity contribution in [1.82, 2.24) is 0 Å². The second kappa shape index (κ2) is 3.91. The third-order valence-corrected chi connectivity index (χ3v) is 3.39. The van der Waals surface area contributed by atoms with Gasteiger partial charge in [0.2, 0.25) is 10.0 Å². The number of hydrogen-bond donors (Lipinski definition) is 0. The minimum absolute atomic E-state index is 0.394. The molecule has 0 aromatic heterocycles. The number of aryl methyl sites for hydroxylation is 1. The lowest BCUT2D eigenvalue weighted by Gasteiger charge is -2.18. The van der Waals surface area contributed by atoms with Gasteiger partial charge in [-0.3, -0.25) is 4.31 Å². The van der Waals surface area contributed by atoms with Crippen LogP contribution in [0.3, 0.4) is 0 Å². The molecule has 0 aliphatic carbocycles. The molecule has 0 saturated carbocycles. The molecule has 1 aromatic rings. The van der Waals surface area contributed by atoms with Gasteiger partial charge in [-0.2, -0.15) is 5.26 Å². The van der Waals surface area contributed by atoms with Crippen LogP contribution in [0.1, 0.15) is 11.1 Å². The Balaban J connectivity index is 3.40. The summed E-state index contributed by atoms with van der Waals surface area (Å²) in [7, 11) is -1.89. The summed E-state index contributed by atoms with van der Waals surface area (Å²) in [5.41, 5.74) is 1.58. The second-order valence-corrected chi connectivity index (χ2v) is 5.33. The lowest BCUT2D eigenvalue weighted by Crippen LogP contribution is -2.25. The van der Waals surface area contributed by atoms with Gasteiger partial charge >= 0.3 is 0 Å². The summed E-state index contributed by atoms with van der Waals surface area (Å²) in [5.74, 6) is 0. The Labute approximate surface area is 89.8 Å². The van der Waals surface area contributed by atoms with E-state index in [1.807, 2.05) is 6.07 Å². The molecular weight excluding hydrogens is 212 g/mol. The number of rotatable bonds is 2. The highest BCUT2D eigenvalue weighted by atomic mass is 32.2. The summed E-state index contributed by atoms with van der Waals surface area (Å²) in [6, 6.07) is 7.13. The van der Waals surface area contributed by atoms with E-state index < -0.39 is 10.0 Å². The molecule has 0 unspecified atom stereocenters. The van der Waals surface area contributed by atoms with Crippen molar-refractivity contribution in [2.45, 2.75) is 6.92 Å². The van der Waals surface area contributed by atoms with E-state index in [2.05, 4.69) is 0 Å². The molecule has 0 saturated heterocycles. The third-order valence-electron chi connectivity index (χ3n) is 2.20. The maximum absolute atomic E-state index is 11.3. The molecule has 0 N–H and O–H groups in total. The monoisotopic (exact) mass is 224 g/mol. The van der Waals surface area contributed by atoms with Gasteiger partial charge in [-0.05, 0) is 18.6 Å². The average Bonchev–Trinajstić information content (AvgIpc) is 2.14. The van der Waals surface area contributed by atoms with Crippen LogP contribution in [0.2, 0.25) is 0 Å². The quantitative estimate of drug-likeness (QED) is 0.759. The molecule has 1 aromatic carbocycles. The number of benzene rings is 1. The number of sulfonamides is 1. The highest BCUT2D eigenvalue weighted by Gasteiger charge is 2.16. The van der Waals surface area contributed by atoms with Crippen molar-refractivity contribution in [3.8, 4) is 6.07 Å². The first kappa shape index (κ1) is 11.5. The van der Waals surface area contributed by atoms with Crippen molar-refractivity contribution < 1.29 is 8.42 Å². The molecule has 4 nitrogen and oxygen atoms in total. The summed E-state index contributed by atoms with van der Waals surface area (Å²) in [5, 5.41) is 8.94. The Hall–Kier alpha value is -1.54. The van der Waals surface area contributed by atoms with Crippen molar-refractivity contribution >= 4 is 15.7 Å². The number of nitriles is 1. The molecule has 1 rings (SSSR count). The molecule has 0 amide bonds. The van der Waals surface area contributed by atoms with Gasteiger partial charge in [0, 0.05) is 7.05 Å². The number of nitrogens with zero attached hydrogens (tertiary/aromatic N) is 2. The van der Waals surface area contributed by atoms with Gasteiger partial charge in [0.15, 0.2) is 0 Å². The number of anilines is 1. The van der Waals surface area contributed by atoms with E-state index in [9.17, 15) is 8.42 Å². The van der Waals surface area contributed by atoms with Crippen LogP contribution in [0.4, 0.5) is 5.69 Å². The van der Waals surface area contributed by atoms with Crippen LogP contribution in [0.15, 0.2) is 18.2 Å². The molecule has 0 heterocycles. The Kier molecular flexibility index (Phi) is 3.01. The second-order valence-electron chi connectivity index (χ2n) is 3.31. The Morgan fingerprint density at radius 3 is 2.47 bits per heavy atom. The molecule has 0 spiro atoms. The fourth-order valence-electron chi connectivity index (χ4n) is 1.24. The van der Waals surface area contributed by atoms with E-state index in [0.29, 0.717) is 11.3 Å². The fourth-order valence-corrected chi connectivity index (χ4v) is 1.75. The van der Waals surface area contributed by atoms with Crippen LogP contribution in [0, 0.1) is 18.3 Å². The van der Waals surface area contributed by atoms with Crippen molar-refractivity contribution in [2.24, 2.45) is 0 Å². The van der Waals surface area contributed by atoms with Crippen LogP contribution in [-0.2, 0) is 10.0 Å². The molecule has 0 atom stereocenters. The fraction of sp³-hybridized carbons (Fsp3) is 0.300. The molecule has 80 valence electrons. The predicted octanol–water partition coefficient (Wildman–Crippen LogP) is 1.26. The van der Waals surface area contributed by atoms with Gasteiger partial charge < -0.3 is 0 Å². The molecule has 0 aliphatic heterocycles. The van der Waals surface area contributed by atoms with Gasteiger partial charge in [-0.25, -0.2) is 8.42 Å². The zero-order valence-electron chi connectivity index (χ0n) is 8.85. The van der Waals surface area contributed by atoms with Gasteiger partial charge in [0.1, 0.15) is 6.07 Å². The molecule has 15 heavy (non-hydrogen) atoms. The smallest absolute Gasteiger partial charge is 0.232 e. The van der Waals surface area contributed by atoms with Gasteiger partial charge in [-0.1, -0.05) is 12.1 Å². The first-order valence-electron chi connectivity index (χ1n) is 4.31. The molecule has 0 fully saturated rings. The number of hydrogen-bond acceptors (Lipinski definition) is 3. The topological polar surface area (TPSA) is 61.2 Å². The lowest BCUT2D eigenvalue weighted by molar-refractivity contribution is 0.600. The minimum atomic E-state index is -3.32. The Bertz CT molecular complexity index is 515. The van der Waals surface area contributed by atoms with E-state index in [0.717, 1.165) is 16.1 Å². The van der Waals surface area contributed by atoms with Crippen molar-refractivity contribution in [3.63, 3.8) is 0 Å². The standard InChI is InChI=1S/C10H12N2O2S/c1-8-5-4-6-10(9(8)7-11)12(2)15(3,13)14/h4-6H,1-3H3. The third kappa shape index (κ3) is 2.28. The molecule has 0 aliphatic rings. The average molecular weight is 224 g/mol. The van der Waals surface area contributed by atoms with Gasteiger partial charge in [-0.15, -0.1) is 0 Å². The van der Waals surface area contributed by atoms with E-state index in [4.69, 9.17) is 5.26 Å². The predicted molar refractivity (Wildman–Crippen MR) is 59.1 cm³/mol. The highest BCUT2D eigenvalue weighted by molar-refractivity contribution is 7.92. The summed E-state index contributed by atoms with van der Waals surface area (Å²) in [6.45, 7) is 1.78. The summed E-state index contributed by atoms with van der Waals surface area (Å²) >= 11 is 0. The van der Waals surface area contributed by atoms with Gasteiger partial charge in [0.25, 0.3) is 0 Å². The van der Waals surface area contributed by atoms with Crippen LogP contribution in [0.25, 0.3) is 0 Å².